The van der Waals surface area contributed by atoms with E-state index in [1.54, 1.807) is 41.5 Å². The second kappa shape index (κ2) is 18.5. The number of amides is 6. The Balaban J connectivity index is 0.000000361. The number of rotatable bonds is 11. The van der Waals surface area contributed by atoms with Gasteiger partial charge in [0, 0.05) is 49.4 Å². The molecule has 17 heteroatoms. The average Bonchev–Trinajstić information content (AvgIpc) is 3.51. The molecule has 0 bridgehead atoms. The summed E-state index contributed by atoms with van der Waals surface area (Å²) in [6.45, 7) is 13.6. The van der Waals surface area contributed by atoms with Crippen LogP contribution in [0.3, 0.4) is 0 Å². The maximum absolute atomic E-state index is 11.4. The first-order chi connectivity index (χ1) is 22.2. The number of imide groups is 3. The third kappa shape index (κ3) is 12.8. The van der Waals surface area contributed by atoms with Crippen LogP contribution in [-0.2, 0) is 67.3 Å². The van der Waals surface area contributed by atoms with Gasteiger partial charge in [0.05, 0.1) is 6.42 Å². The van der Waals surface area contributed by atoms with E-state index in [-0.39, 0.29) is 67.3 Å². The van der Waals surface area contributed by atoms with Crippen molar-refractivity contribution in [1.82, 2.24) is 15.2 Å². The maximum atomic E-state index is 11.4. The van der Waals surface area contributed by atoms with Crippen molar-refractivity contribution in [3.05, 3.63) is 0 Å². The first-order valence-electron chi connectivity index (χ1n) is 15.4. The summed E-state index contributed by atoms with van der Waals surface area (Å²) in [7, 11) is 0. The van der Waals surface area contributed by atoms with E-state index < -0.39 is 72.1 Å². The van der Waals surface area contributed by atoms with Crippen molar-refractivity contribution >= 4 is 64.9 Å². The number of hydrogen-bond donors (Lipinski definition) is 0. The highest BCUT2D eigenvalue weighted by molar-refractivity contribution is 6.05. The van der Waals surface area contributed by atoms with E-state index >= 15 is 0 Å². The molecule has 3 saturated heterocycles. The molecule has 0 aromatic carbocycles. The van der Waals surface area contributed by atoms with Crippen LogP contribution in [0.5, 0.6) is 0 Å². The topological polar surface area (TPSA) is 225 Å². The number of carbonyl (C=O) groups excluding carboxylic acids is 11. The lowest BCUT2D eigenvalue weighted by molar-refractivity contribution is -0.198. The van der Waals surface area contributed by atoms with Crippen LogP contribution in [0.15, 0.2) is 0 Å². The van der Waals surface area contributed by atoms with Gasteiger partial charge in [-0.25, -0.2) is 14.4 Å². The van der Waals surface area contributed by atoms with Crippen molar-refractivity contribution in [3.8, 4) is 0 Å². The van der Waals surface area contributed by atoms with E-state index in [2.05, 4.69) is 9.68 Å². The third-order valence-electron chi connectivity index (χ3n) is 6.74. The molecule has 6 amide bonds. The van der Waals surface area contributed by atoms with Crippen molar-refractivity contribution in [2.75, 3.05) is 0 Å². The molecule has 0 radical (unpaired) electrons. The Morgan fingerprint density at radius 3 is 1.19 bits per heavy atom. The van der Waals surface area contributed by atoms with E-state index in [1.807, 2.05) is 13.8 Å². The van der Waals surface area contributed by atoms with Gasteiger partial charge in [0.15, 0.2) is 0 Å². The Morgan fingerprint density at radius 2 is 0.896 bits per heavy atom. The Labute approximate surface area is 277 Å². The number of nitrogens with zero attached hydrogens (tertiary/aromatic N) is 3. The van der Waals surface area contributed by atoms with E-state index in [0.717, 1.165) is 0 Å². The Hall–Kier alpha value is -4.83. The molecule has 2 unspecified atom stereocenters. The van der Waals surface area contributed by atoms with Gasteiger partial charge >= 0.3 is 17.9 Å². The van der Waals surface area contributed by atoms with Gasteiger partial charge < -0.3 is 14.5 Å². The minimum Gasteiger partial charge on any atom is -0.330 e. The standard InChI is InChI=1S/C11H15NO5.C10H13NO5.C10H15NO4/c1-6(2)8(13)5-10(15)17-12-9(14)4-7(3)11(12)16;1-6(2)7(12)5-10(15)16-11-8(13)3-4-9(11)14;1-6(2)4-9(13)15-11-8(12)5-7(3)10(11)14/h6-7H,4-5H2,1-3H3;6H,3-5H2,1-2H3;6-7H,4-5H2,1-3H3. The van der Waals surface area contributed by atoms with Crippen molar-refractivity contribution < 1.29 is 67.3 Å². The first kappa shape index (κ1) is 41.2. The van der Waals surface area contributed by atoms with E-state index in [0.29, 0.717) is 15.2 Å². The molecule has 3 aliphatic heterocycles. The molecule has 0 aromatic rings. The third-order valence-corrected chi connectivity index (χ3v) is 6.74. The van der Waals surface area contributed by atoms with Crippen LogP contribution in [0, 0.1) is 29.6 Å². The van der Waals surface area contributed by atoms with Gasteiger partial charge in [0.1, 0.15) is 24.4 Å². The van der Waals surface area contributed by atoms with Crippen LogP contribution in [-0.4, -0.2) is 80.1 Å². The second-order valence-electron chi connectivity index (χ2n) is 12.4. The molecule has 0 spiro atoms. The van der Waals surface area contributed by atoms with Gasteiger partial charge in [-0.15, -0.1) is 15.2 Å². The molecule has 3 rings (SSSR count). The molecule has 48 heavy (non-hydrogen) atoms. The number of hydroxylamine groups is 6. The quantitative estimate of drug-likeness (QED) is 0.223. The largest absolute Gasteiger partial charge is 0.340 e. The lowest BCUT2D eigenvalue weighted by atomic mass is 10.1. The molecular weight excluding hydrogens is 638 g/mol. The molecule has 3 aliphatic rings. The van der Waals surface area contributed by atoms with Gasteiger partial charge in [-0.3, -0.25) is 38.4 Å². The fourth-order valence-electron chi connectivity index (χ4n) is 3.79. The SMILES string of the molecule is CC(C)C(=O)CC(=O)ON1C(=O)CC(C)C1=O.CC(C)C(=O)CC(=O)ON1C(=O)CCC1=O.CC(C)CC(=O)ON1C(=O)CC(C)C1=O. The maximum Gasteiger partial charge on any atom is 0.340 e. The Bertz CT molecular complexity index is 1320. The van der Waals surface area contributed by atoms with Crippen LogP contribution < -0.4 is 0 Å². The number of Topliss-reactive ketones (excluding diaryl/α,β-unsaturated/α-hetero) is 2. The lowest BCUT2D eigenvalue weighted by Gasteiger charge is -2.13. The molecule has 3 fully saturated rings. The summed E-state index contributed by atoms with van der Waals surface area (Å²) in [5.41, 5.74) is 0. The predicted molar refractivity (Wildman–Crippen MR) is 159 cm³/mol. The summed E-state index contributed by atoms with van der Waals surface area (Å²) >= 11 is 0. The van der Waals surface area contributed by atoms with E-state index in [4.69, 9.17) is 4.84 Å². The summed E-state index contributed by atoms with van der Waals surface area (Å²) in [5, 5.41) is 1.49. The molecular formula is C31H43N3O14. The van der Waals surface area contributed by atoms with E-state index in [1.165, 1.54) is 0 Å². The number of hydrogen-bond acceptors (Lipinski definition) is 14. The molecule has 17 nitrogen and oxygen atoms in total. The highest BCUT2D eigenvalue weighted by atomic mass is 16.7. The predicted octanol–water partition coefficient (Wildman–Crippen LogP) is 1.55. The van der Waals surface area contributed by atoms with Crippen molar-refractivity contribution in [2.45, 2.75) is 100 Å². The molecule has 2 atom stereocenters. The molecule has 0 saturated carbocycles. The van der Waals surface area contributed by atoms with Gasteiger partial charge in [-0.2, -0.15) is 0 Å². The zero-order chi connectivity index (χ0) is 37.0. The van der Waals surface area contributed by atoms with Crippen molar-refractivity contribution in [2.24, 2.45) is 29.6 Å². The Morgan fingerprint density at radius 1 is 0.562 bits per heavy atom. The summed E-state index contributed by atoms with van der Waals surface area (Å²) < 4.78 is 0. The molecule has 0 aromatic heterocycles. The smallest absolute Gasteiger partial charge is 0.330 e. The van der Waals surface area contributed by atoms with Gasteiger partial charge in [-0.1, -0.05) is 55.4 Å². The van der Waals surface area contributed by atoms with Crippen LogP contribution in [0.25, 0.3) is 0 Å². The van der Waals surface area contributed by atoms with E-state index in [9.17, 15) is 52.7 Å². The minimum absolute atomic E-state index is 0.0320. The monoisotopic (exact) mass is 681 g/mol. The Kier molecular flexibility index (Phi) is 15.9. The van der Waals surface area contributed by atoms with Gasteiger partial charge in [-0.05, 0) is 5.92 Å². The fraction of sp³-hybridized carbons (Fsp3) is 0.645. The molecule has 0 N–H and O–H groups in total. The summed E-state index contributed by atoms with van der Waals surface area (Å²) in [4.78, 5) is 138. The summed E-state index contributed by atoms with van der Waals surface area (Å²) in [6.07, 6.45) is -0.407. The van der Waals surface area contributed by atoms with Crippen LogP contribution in [0.4, 0.5) is 0 Å². The van der Waals surface area contributed by atoms with Crippen LogP contribution in [0.1, 0.15) is 100 Å². The normalized spacial score (nSPS) is 19.0. The highest BCUT2D eigenvalue weighted by Gasteiger charge is 2.40. The lowest BCUT2D eigenvalue weighted by Crippen LogP contribution is -2.34. The fourth-order valence-corrected chi connectivity index (χ4v) is 3.79. The number of carbonyl (C=O) groups is 11. The summed E-state index contributed by atoms with van der Waals surface area (Å²) in [5.74, 6) is -7.21. The molecule has 0 aliphatic carbocycles. The molecule has 266 valence electrons. The average molecular weight is 682 g/mol. The zero-order valence-electron chi connectivity index (χ0n) is 28.4. The molecule has 3 heterocycles. The summed E-state index contributed by atoms with van der Waals surface area (Å²) in [6, 6.07) is 0. The zero-order valence-corrected chi connectivity index (χ0v) is 28.4. The van der Waals surface area contributed by atoms with Crippen LogP contribution >= 0.6 is 0 Å². The van der Waals surface area contributed by atoms with Gasteiger partial charge in [0.2, 0.25) is 0 Å². The second-order valence-corrected chi connectivity index (χ2v) is 12.4. The van der Waals surface area contributed by atoms with Crippen molar-refractivity contribution in [1.29, 1.82) is 0 Å². The number of ketones is 2. The van der Waals surface area contributed by atoms with Gasteiger partial charge in [0.25, 0.3) is 35.4 Å². The first-order valence-corrected chi connectivity index (χ1v) is 15.4. The van der Waals surface area contributed by atoms with Crippen LogP contribution in [0.2, 0.25) is 0 Å². The highest BCUT2D eigenvalue weighted by Crippen LogP contribution is 2.21. The van der Waals surface area contributed by atoms with Crippen molar-refractivity contribution in [3.63, 3.8) is 0 Å². The minimum atomic E-state index is -0.875.